The Balaban J connectivity index is 1.83. The molecule has 0 saturated carbocycles. The Bertz CT molecular complexity index is 619. The Morgan fingerprint density at radius 2 is 1.30 bits per heavy atom. The normalized spacial score (nSPS) is 16.7. The number of morpholine rings is 1. The molecule has 3 aromatic rings. The molecule has 0 spiro atoms. The molecular formula is C17H19NOS3Si. The first kappa shape index (κ1) is 15.7. The summed E-state index contributed by atoms with van der Waals surface area (Å²) < 4.78 is 10.3. The van der Waals surface area contributed by atoms with Crippen molar-refractivity contribution in [1.82, 2.24) is 4.90 Å². The Kier molecular flexibility index (Phi) is 4.80. The molecule has 1 aliphatic rings. The van der Waals surface area contributed by atoms with Crippen LogP contribution in [0.2, 0.25) is 0 Å². The van der Waals surface area contributed by atoms with Gasteiger partial charge >= 0.3 is 0 Å². The van der Waals surface area contributed by atoms with Crippen molar-refractivity contribution >= 4 is 55.6 Å². The minimum Gasteiger partial charge on any atom is -0.379 e. The summed E-state index contributed by atoms with van der Waals surface area (Å²) in [6.07, 6.45) is 1.16. The lowest BCUT2D eigenvalue weighted by Gasteiger charge is -2.36. The van der Waals surface area contributed by atoms with E-state index in [1.165, 1.54) is 0 Å². The average molecular weight is 378 g/mol. The maximum atomic E-state index is 5.57. The van der Waals surface area contributed by atoms with Crippen molar-refractivity contribution in [3.8, 4) is 0 Å². The molecule has 0 amide bonds. The Hall–Kier alpha value is -0.763. The standard InChI is InChI=1S/C17H19NOS3Si/c1-4-15(20-11-1)23(16-5-2-12-21-16,17-6-3-13-22-17)14-18-7-9-19-10-8-18/h1-6,11-13H,7-10,14H2. The van der Waals surface area contributed by atoms with Gasteiger partial charge in [-0.3, -0.25) is 0 Å². The second kappa shape index (κ2) is 7.00. The van der Waals surface area contributed by atoms with Crippen molar-refractivity contribution in [2.75, 3.05) is 32.5 Å². The molecule has 1 fully saturated rings. The van der Waals surface area contributed by atoms with Crippen molar-refractivity contribution in [2.45, 2.75) is 0 Å². The monoisotopic (exact) mass is 377 g/mol. The highest BCUT2D eigenvalue weighted by Crippen LogP contribution is 2.18. The van der Waals surface area contributed by atoms with Crippen LogP contribution in [0.1, 0.15) is 0 Å². The maximum Gasteiger partial charge on any atom is 0.197 e. The summed E-state index contributed by atoms with van der Waals surface area (Å²) in [5.74, 6) is 0. The summed E-state index contributed by atoms with van der Waals surface area (Å²) >= 11 is 5.80. The van der Waals surface area contributed by atoms with E-state index in [2.05, 4.69) is 57.4 Å². The van der Waals surface area contributed by atoms with Crippen LogP contribution >= 0.6 is 34.0 Å². The third-order valence-corrected chi connectivity index (χ3v) is 14.6. The van der Waals surface area contributed by atoms with Gasteiger partial charge in [-0.1, -0.05) is 36.4 Å². The molecule has 1 saturated heterocycles. The molecule has 6 heteroatoms. The predicted molar refractivity (Wildman–Crippen MR) is 105 cm³/mol. The van der Waals surface area contributed by atoms with Gasteiger partial charge in [-0.05, 0) is 16.1 Å². The van der Waals surface area contributed by atoms with Crippen LogP contribution in [0.3, 0.4) is 0 Å². The first-order valence-electron chi connectivity index (χ1n) is 7.82. The topological polar surface area (TPSA) is 12.5 Å². The zero-order valence-corrected chi connectivity index (χ0v) is 16.3. The molecule has 23 heavy (non-hydrogen) atoms. The van der Waals surface area contributed by atoms with Crippen LogP contribution < -0.4 is 13.5 Å². The Morgan fingerprint density at radius 3 is 1.70 bits per heavy atom. The number of thiophene rings is 3. The SMILES string of the molecule is c1csc([Si](CN2CCOCC2)(c2cccs2)c2cccs2)c1. The van der Waals surface area contributed by atoms with Gasteiger partial charge in [-0.15, -0.1) is 0 Å². The van der Waals surface area contributed by atoms with Gasteiger partial charge in [0.2, 0.25) is 0 Å². The highest BCUT2D eigenvalue weighted by Gasteiger charge is 2.44. The molecule has 0 bridgehead atoms. The van der Waals surface area contributed by atoms with E-state index in [1.807, 2.05) is 34.0 Å². The number of ether oxygens (including phenoxy) is 1. The molecule has 3 aromatic heterocycles. The van der Waals surface area contributed by atoms with Crippen LogP contribution in [0.25, 0.3) is 0 Å². The molecule has 0 radical (unpaired) electrons. The molecule has 0 unspecified atom stereocenters. The van der Waals surface area contributed by atoms with Crippen molar-refractivity contribution in [3.63, 3.8) is 0 Å². The van der Waals surface area contributed by atoms with E-state index in [4.69, 9.17) is 4.74 Å². The zero-order chi connectivity index (χ0) is 15.5. The van der Waals surface area contributed by atoms with Crippen LogP contribution in [0, 0.1) is 0 Å². The highest BCUT2D eigenvalue weighted by molar-refractivity contribution is 7.45. The van der Waals surface area contributed by atoms with Gasteiger partial charge < -0.3 is 9.64 Å². The van der Waals surface area contributed by atoms with E-state index < -0.39 is 8.07 Å². The van der Waals surface area contributed by atoms with Crippen molar-refractivity contribution in [3.05, 3.63) is 52.5 Å². The molecule has 0 aliphatic carbocycles. The smallest absolute Gasteiger partial charge is 0.197 e. The summed E-state index contributed by atoms with van der Waals surface area (Å²) in [6.45, 7) is 3.83. The van der Waals surface area contributed by atoms with Gasteiger partial charge in [0, 0.05) is 32.8 Å². The molecule has 1 aliphatic heterocycles. The second-order valence-corrected chi connectivity index (χ2v) is 13.4. The third-order valence-electron chi connectivity index (χ3n) is 4.39. The van der Waals surface area contributed by atoms with Crippen molar-refractivity contribution < 1.29 is 4.74 Å². The van der Waals surface area contributed by atoms with Gasteiger partial charge in [0.25, 0.3) is 0 Å². The average Bonchev–Trinajstić information content (AvgIpc) is 3.38. The second-order valence-electron chi connectivity index (χ2n) is 5.73. The van der Waals surface area contributed by atoms with Crippen LogP contribution in [-0.2, 0) is 4.74 Å². The molecule has 4 heterocycles. The first-order chi connectivity index (χ1) is 11.4. The molecule has 4 rings (SSSR count). The fourth-order valence-corrected chi connectivity index (χ4v) is 14.1. The van der Waals surface area contributed by atoms with Gasteiger partial charge in [0.1, 0.15) is 0 Å². The van der Waals surface area contributed by atoms with Gasteiger partial charge in [0.05, 0.1) is 13.2 Å². The maximum absolute atomic E-state index is 5.57. The number of hydrogen-bond acceptors (Lipinski definition) is 5. The fraction of sp³-hybridized carbons (Fsp3) is 0.294. The summed E-state index contributed by atoms with van der Waals surface area (Å²) in [7, 11) is -1.93. The van der Waals surface area contributed by atoms with E-state index in [0.717, 1.165) is 32.5 Å². The Labute approximate surface area is 150 Å². The lowest BCUT2D eigenvalue weighted by molar-refractivity contribution is 0.0459. The largest absolute Gasteiger partial charge is 0.379 e. The van der Waals surface area contributed by atoms with Gasteiger partial charge in [-0.25, -0.2) is 0 Å². The lowest BCUT2D eigenvalue weighted by atomic mass is 10.5. The number of nitrogens with zero attached hydrogens (tertiary/aromatic N) is 1. The highest BCUT2D eigenvalue weighted by atomic mass is 32.1. The van der Waals surface area contributed by atoms with E-state index in [-0.39, 0.29) is 0 Å². The third kappa shape index (κ3) is 2.99. The molecule has 2 nitrogen and oxygen atoms in total. The van der Waals surface area contributed by atoms with E-state index in [9.17, 15) is 0 Å². The van der Waals surface area contributed by atoms with E-state index in [1.54, 1.807) is 13.5 Å². The van der Waals surface area contributed by atoms with Crippen LogP contribution in [0.5, 0.6) is 0 Å². The van der Waals surface area contributed by atoms with Crippen LogP contribution in [0.4, 0.5) is 0 Å². The zero-order valence-electron chi connectivity index (χ0n) is 12.8. The van der Waals surface area contributed by atoms with Crippen LogP contribution in [0.15, 0.2) is 52.5 Å². The van der Waals surface area contributed by atoms with E-state index in [0.29, 0.717) is 0 Å². The van der Waals surface area contributed by atoms with Crippen molar-refractivity contribution in [2.24, 2.45) is 0 Å². The molecule has 120 valence electrons. The minimum atomic E-state index is -1.93. The summed E-state index contributed by atoms with van der Waals surface area (Å²) in [6, 6.07) is 13.7. The van der Waals surface area contributed by atoms with Crippen molar-refractivity contribution in [1.29, 1.82) is 0 Å². The molecule has 0 N–H and O–H groups in total. The fourth-order valence-electron chi connectivity index (χ4n) is 3.26. The number of rotatable bonds is 5. The van der Waals surface area contributed by atoms with E-state index >= 15 is 0 Å². The quantitative estimate of drug-likeness (QED) is 0.632. The summed E-state index contributed by atoms with van der Waals surface area (Å²) in [4.78, 5) is 2.62. The molecule has 0 atom stereocenters. The Morgan fingerprint density at radius 1 is 0.826 bits per heavy atom. The van der Waals surface area contributed by atoms with Crippen LogP contribution in [-0.4, -0.2) is 45.4 Å². The molecule has 0 aromatic carbocycles. The van der Waals surface area contributed by atoms with Gasteiger partial charge in [0.15, 0.2) is 8.07 Å². The van der Waals surface area contributed by atoms with Gasteiger partial charge in [-0.2, -0.15) is 34.0 Å². The number of hydrogen-bond donors (Lipinski definition) is 0. The summed E-state index contributed by atoms with van der Waals surface area (Å²) in [5, 5.41) is 6.70. The first-order valence-corrected chi connectivity index (χ1v) is 12.7. The minimum absolute atomic E-state index is 0.865. The summed E-state index contributed by atoms with van der Waals surface area (Å²) in [5.41, 5.74) is 0. The predicted octanol–water partition coefficient (Wildman–Crippen LogP) is 2.21. The lowest BCUT2D eigenvalue weighted by Crippen LogP contribution is -2.71. The molecular weight excluding hydrogens is 358 g/mol.